The predicted molar refractivity (Wildman–Crippen MR) is 193 cm³/mol. The van der Waals surface area contributed by atoms with Gasteiger partial charge >= 0.3 is 0 Å². The van der Waals surface area contributed by atoms with Gasteiger partial charge in [-0.2, -0.15) is 0 Å². The molecule has 1 spiro atoms. The lowest BCUT2D eigenvalue weighted by molar-refractivity contribution is 0.0988. The Bertz CT molecular complexity index is 2350. The molecule has 1 aliphatic heterocycles. The first-order valence-corrected chi connectivity index (χ1v) is 16.8. The molecule has 0 bridgehead atoms. The van der Waals surface area contributed by atoms with E-state index < -0.39 is 0 Å². The highest BCUT2D eigenvalue weighted by atomic mass is 16.2. The summed E-state index contributed by atoms with van der Waals surface area (Å²) in [6, 6.07) is 36.0. The first kappa shape index (κ1) is 28.0. The molecule has 0 atom stereocenters. The fourth-order valence-electron chi connectivity index (χ4n) is 8.89. The summed E-state index contributed by atoms with van der Waals surface area (Å²) in [6.45, 7) is 4.40. The van der Waals surface area contributed by atoms with E-state index in [0.717, 1.165) is 42.2 Å². The average Bonchev–Trinajstić information content (AvgIpc) is 3.49. The lowest BCUT2D eigenvalue weighted by Crippen LogP contribution is -2.32. The fourth-order valence-corrected chi connectivity index (χ4v) is 8.89. The Morgan fingerprint density at radius 2 is 1.19 bits per heavy atom. The molecule has 2 aliphatic carbocycles. The van der Waals surface area contributed by atoms with Crippen LogP contribution in [-0.2, 0) is 5.41 Å². The van der Waals surface area contributed by atoms with Gasteiger partial charge in [0, 0.05) is 27.6 Å². The van der Waals surface area contributed by atoms with Crippen molar-refractivity contribution in [3.05, 3.63) is 154 Å². The van der Waals surface area contributed by atoms with Gasteiger partial charge in [0.2, 0.25) is 0 Å². The van der Waals surface area contributed by atoms with Crippen LogP contribution >= 0.6 is 0 Å². The summed E-state index contributed by atoms with van der Waals surface area (Å²) in [5, 5.41) is 6.92. The van der Waals surface area contributed by atoms with Crippen LogP contribution in [0.1, 0.15) is 69.5 Å². The van der Waals surface area contributed by atoms with Crippen LogP contribution in [0, 0.1) is 13.8 Å². The topological polar surface area (TPSA) is 37.4 Å². The lowest BCUT2D eigenvalue weighted by atomic mass is 9.67. The minimum atomic E-state index is -0.240. The molecule has 1 fully saturated rings. The van der Waals surface area contributed by atoms with Crippen LogP contribution in [0.3, 0.4) is 0 Å². The predicted octanol–water partition coefficient (Wildman–Crippen LogP) is 11.0. The van der Waals surface area contributed by atoms with Gasteiger partial charge < -0.3 is 4.90 Å². The van der Waals surface area contributed by atoms with Crippen molar-refractivity contribution >= 4 is 55.3 Å². The molecule has 3 nitrogen and oxygen atoms in total. The van der Waals surface area contributed by atoms with Crippen LogP contribution in [0.4, 0.5) is 11.4 Å². The average molecular weight is 610 g/mol. The molecule has 0 amide bonds. The number of hydrogen-bond donors (Lipinski definition) is 0. The second-order valence-electron chi connectivity index (χ2n) is 13.6. The van der Waals surface area contributed by atoms with Crippen LogP contribution in [0.15, 0.2) is 127 Å². The molecule has 3 heteroatoms. The summed E-state index contributed by atoms with van der Waals surface area (Å²) in [6.07, 6.45) is 9.49. The number of ketones is 2. The molecule has 0 saturated heterocycles. The Morgan fingerprint density at radius 3 is 1.87 bits per heavy atom. The van der Waals surface area contributed by atoms with Crippen molar-refractivity contribution in [2.24, 2.45) is 0 Å². The minimum Gasteiger partial charge on any atom is -0.312 e. The number of anilines is 2. The molecule has 228 valence electrons. The van der Waals surface area contributed by atoms with Gasteiger partial charge in [-0.05, 0) is 101 Å². The van der Waals surface area contributed by atoms with Crippen LogP contribution < -0.4 is 4.90 Å². The Morgan fingerprint density at radius 1 is 0.596 bits per heavy atom. The van der Waals surface area contributed by atoms with Gasteiger partial charge in [-0.15, -0.1) is 0 Å². The van der Waals surface area contributed by atoms with Gasteiger partial charge in [-0.1, -0.05) is 104 Å². The van der Waals surface area contributed by atoms with E-state index in [1.54, 1.807) is 0 Å². The van der Waals surface area contributed by atoms with Crippen molar-refractivity contribution in [2.75, 3.05) is 4.90 Å². The zero-order valence-corrected chi connectivity index (χ0v) is 26.8. The summed E-state index contributed by atoms with van der Waals surface area (Å²) in [7, 11) is 0. The number of carbonyl (C=O) groups excluding carboxylic acids is 2. The van der Waals surface area contributed by atoms with Gasteiger partial charge in [0.05, 0.1) is 16.9 Å². The summed E-state index contributed by atoms with van der Waals surface area (Å²) in [5.41, 5.74) is 8.39. The Kier molecular flexibility index (Phi) is 6.17. The summed E-state index contributed by atoms with van der Waals surface area (Å²) in [5.74, 6) is -0.371. The summed E-state index contributed by atoms with van der Waals surface area (Å²) >= 11 is 0. The molecule has 1 saturated carbocycles. The molecule has 0 unspecified atom stereocenters. The highest BCUT2D eigenvalue weighted by Gasteiger charge is 2.49. The van der Waals surface area contributed by atoms with Gasteiger partial charge in [0.1, 0.15) is 0 Å². The largest absolute Gasteiger partial charge is 0.312 e. The number of carbonyl (C=O) groups is 2. The fraction of sp³-hybridized carbons (Fsp3) is 0.182. The van der Waals surface area contributed by atoms with Gasteiger partial charge in [0.15, 0.2) is 11.6 Å². The normalized spacial score (nSPS) is 17.8. The van der Waals surface area contributed by atoms with Gasteiger partial charge in [0.25, 0.3) is 0 Å². The lowest BCUT2D eigenvalue weighted by Gasteiger charge is -2.38. The number of benzene rings is 6. The van der Waals surface area contributed by atoms with Crippen LogP contribution in [0.25, 0.3) is 32.3 Å². The molecule has 0 N–H and O–H groups in total. The van der Waals surface area contributed by atoms with E-state index in [1.165, 1.54) is 56.0 Å². The SMILES string of the molecule is Cc1cc(C)c2ccccc2c1N1/C(=C\C=C2C(=O)c3cc4ccccc4cc3C2=O)C2(CCCCC2)c2c1ccc1ccccc21. The molecule has 3 aliphatic rings. The zero-order chi connectivity index (χ0) is 31.9. The van der Waals surface area contributed by atoms with Gasteiger partial charge in [-0.25, -0.2) is 0 Å². The number of Topliss-reactive ketones (excluding diaryl/α,β-unsaturated/α-hetero) is 2. The van der Waals surface area contributed by atoms with E-state index in [1.807, 2.05) is 42.5 Å². The van der Waals surface area contributed by atoms with Crippen molar-refractivity contribution in [2.45, 2.75) is 51.4 Å². The third-order valence-corrected chi connectivity index (χ3v) is 11.0. The van der Waals surface area contributed by atoms with Crippen LogP contribution in [0.2, 0.25) is 0 Å². The zero-order valence-electron chi connectivity index (χ0n) is 26.8. The minimum absolute atomic E-state index is 0.185. The molecule has 9 rings (SSSR count). The highest BCUT2D eigenvalue weighted by molar-refractivity contribution is 6.40. The van der Waals surface area contributed by atoms with Crippen molar-refractivity contribution in [1.82, 2.24) is 0 Å². The number of aryl methyl sites for hydroxylation is 2. The van der Waals surface area contributed by atoms with E-state index in [0.29, 0.717) is 11.1 Å². The van der Waals surface area contributed by atoms with Crippen molar-refractivity contribution in [3.8, 4) is 0 Å². The molecule has 47 heavy (non-hydrogen) atoms. The van der Waals surface area contributed by atoms with Crippen LogP contribution in [-0.4, -0.2) is 11.6 Å². The standard InChI is InChI=1S/C44H35NO2/c1-27-24-28(2)41(34-17-9-8-15-32(27)34)45-38-20-18-29-12-6-7-16-33(29)40(38)44(22-10-3-11-23-44)39(45)21-19-35-42(46)36-25-30-13-4-5-14-31(30)26-37(36)43(35)47/h4-9,12-21,24-26H,3,10-11,22-23H2,1-2H3/b39-21-. The molecule has 6 aromatic rings. The number of hydrogen-bond acceptors (Lipinski definition) is 3. The molecular weight excluding hydrogens is 574 g/mol. The van der Waals surface area contributed by atoms with E-state index in [9.17, 15) is 9.59 Å². The Labute approximate surface area is 274 Å². The number of rotatable bonds is 2. The molecule has 0 aromatic heterocycles. The molecule has 6 aromatic carbocycles. The number of allylic oxidation sites excluding steroid dienone is 4. The summed E-state index contributed by atoms with van der Waals surface area (Å²) < 4.78 is 0. The first-order chi connectivity index (χ1) is 23.0. The Hall–Kier alpha value is -5.28. The van der Waals surface area contributed by atoms with Crippen LogP contribution in [0.5, 0.6) is 0 Å². The number of nitrogens with zero attached hydrogens (tertiary/aromatic N) is 1. The van der Waals surface area contributed by atoms with Gasteiger partial charge in [-0.3, -0.25) is 9.59 Å². The maximum atomic E-state index is 13.9. The van der Waals surface area contributed by atoms with Crippen molar-refractivity contribution < 1.29 is 9.59 Å². The molecular formula is C44H35NO2. The van der Waals surface area contributed by atoms with Crippen molar-refractivity contribution in [3.63, 3.8) is 0 Å². The quantitative estimate of drug-likeness (QED) is 0.145. The third-order valence-electron chi connectivity index (χ3n) is 11.0. The third kappa shape index (κ3) is 3.99. The maximum absolute atomic E-state index is 13.9. The molecule has 0 radical (unpaired) electrons. The van der Waals surface area contributed by atoms with Crippen molar-refractivity contribution in [1.29, 1.82) is 0 Å². The first-order valence-electron chi connectivity index (χ1n) is 16.8. The Balaban J connectivity index is 1.32. The molecule has 1 heterocycles. The van der Waals surface area contributed by atoms with E-state index in [2.05, 4.69) is 91.6 Å². The highest BCUT2D eigenvalue weighted by Crippen LogP contribution is 2.60. The summed E-state index contributed by atoms with van der Waals surface area (Å²) in [4.78, 5) is 30.3. The smallest absolute Gasteiger partial charge is 0.197 e. The maximum Gasteiger partial charge on any atom is 0.197 e. The number of fused-ring (bicyclic) bond motifs is 7. The second kappa shape index (κ2) is 10.4. The van der Waals surface area contributed by atoms with E-state index in [-0.39, 0.29) is 22.6 Å². The van der Waals surface area contributed by atoms with E-state index in [4.69, 9.17) is 0 Å². The van der Waals surface area contributed by atoms with E-state index >= 15 is 0 Å². The monoisotopic (exact) mass is 609 g/mol. The second-order valence-corrected chi connectivity index (χ2v) is 13.6.